The summed E-state index contributed by atoms with van der Waals surface area (Å²) in [7, 11) is 0. The third kappa shape index (κ3) is 4.86. The first-order chi connectivity index (χ1) is 13.5. The van der Waals surface area contributed by atoms with Gasteiger partial charge in [0.2, 0.25) is 0 Å². The molecule has 0 fully saturated rings. The summed E-state index contributed by atoms with van der Waals surface area (Å²) in [6.07, 6.45) is 0. The Morgan fingerprint density at radius 2 is 0.893 bits per heavy atom. The zero-order valence-corrected chi connectivity index (χ0v) is 16.1. The Kier molecular flexibility index (Phi) is 6.22. The molecule has 4 nitrogen and oxygen atoms in total. The van der Waals surface area contributed by atoms with E-state index in [0.29, 0.717) is 11.1 Å². The van der Waals surface area contributed by atoms with Crippen LogP contribution in [0.1, 0.15) is 57.8 Å². The van der Waals surface area contributed by atoms with Crippen molar-refractivity contribution in [2.24, 2.45) is 0 Å². The lowest BCUT2D eigenvalue weighted by molar-refractivity contribution is 0.0927. The Morgan fingerprint density at radius 3 is 1.21 bits per heavy atom. The zero-order valence-electron chi connectivity index (χ0n) is 16.1. The fourth-order valence-electron chi connectivity index (χ4n) is 2.98. The average molecular weight is 372 g/mol. The Bertz CT molecular complexity index is 843. The highest BCUT2D eigenvalue weighted by molar-refractivity contribution is 5.98. The summed E-state index contributed by atoms with van der Waals surface area (Å²) in [5.74, 6) is -0.332. The van der Waals surface area contributed by atoms with Crippen LogP contribution in [-0.2, 0) is 0 Å². The molecule has 2 atom stereocenters. The molecule has 3 rings (SSSR count). The van der Waals surface area contributed by atoms with Crippen molar-refractivity contribution in [3.8, 4) is 0 Å². The topological polar surface area (TPSA) is 58.2 Å². The Balaban J connectivity index is 1.61. The molecule has 0 spiro atoms. The second-order valence-corrected chi connectivity index (χ2v) is 6.79. The molecular weight excluding hydrogens is 348 g/mol. The highest BCUT2D eigenvalue weighted by Gasteiger charge is 2.14. The molecule has 4 heteroatoms. The van der Waals surface area contributed by atoms with Crippen LogP contribution in [0.5, 0.6) is 0 Å². The van der Waals surface area contributed by atoms with Crippen molar-refractivity contribution in [2.45, 2.75) is 25.9 Å². The van der Waals surface area contributed by atoms with Crippen molar-refractivity contribution >= 4 is 11.8 Å². The number of carbonyl (C=O) groups excluding carboxylic acids is 2. The summed E-state index contributed by atoms with van der Waals surface area (Å²) in [4.78, 5) is 24.9. The van der Waals surface area contributed by atoms with E-state index in [2.05, 4.69) is 10.6 Å². The van der Waals surface area contributed by atoms with E-state index in [9.17, 15) is 9.59 Å². The van der Waals surface area contributed by atoms with E-state index in [0.717, 1.165) is 11.1 Å². The van der Waals surface area contributed by atoms with Crippen LogP contribution in [0, 0.1) is 0 Å². The number of carbonyl (C=O) groups is 2. The van der Waals surface area contributed by atoms with Crippen LogP contribution < -0.4 is 10.6 Å². The number of rotatable bonds is 6. The summed E-state index contributed by atoms with van der Waals surface area (Å²) in [5, 5.41) is 5.95. The Morgan fingerprint density at radius 1 is 0.571 bits per heavy atom. The van der Waals surface area contributed by atoms with Crippen molar-refractivity contribution in [3.05, 3.63) is 107 Å². The smallest absolute Gasteiger partial charge is 0.251 e. The van der Waals surface area contributed by atoms with Gasteiger partial charge in [0.05, 0.1) is 12.1 Å². The first kappa shape index (κ1) is 19.4. The van der Waals surface area contributed by atoms with Gasteiger partial charge in [0.15, 0.2) is 0 Å². The maximum atomic E-state index is 12.5. The van der Waals surface area contributed by atoms with E-state index in [1.165, 1.54) is 0 Å². The van der Waals surface area contributed by atoms with Gasteiger partial charge in [0, 0.05) is 11.1 Å². The zero-order chi connectivity index (χ0) is 19.9. The van der Waals surface area contributed by atoms with Crippen LogP contribution in [0.2, 0.25) is 0 Å². The molecular formula is C24H24N2O2. The first-order valence-electron chi connectivity index (χ1n) is 9.36. The molecule has 0 aliphatic carbocycles. The van der Waals surface area contributed by atoms with E-state index >= 15 is 0 Å². The third-order valence-electron chi connectivity index (χ3n) is 4.70. The van der Waals surface area contributed by atoms with Crippen LogP contribution in [0.15, 0.2) is 84.9 Å². The number of hydrogen-bond donors (Lipinski definition) is 2. The fourth-order valence-corrected chi connectivity index (χ4v) is 2.98. The van der Waals surface area contributed by atoms with E-state index in [-0.39, 0.29) is 23.9 Å². The SMILES string of the molecule is C[C@H](NC(=O)c1ccc(C(=O)N[C@H](C)c2ccccc2)cc1)c1ccccc1. The van der Waals surface area contributed by atoms with Crippen molar-refractivity contribution in [1.82, 2.24) is 10.6 Å². The van der Waals surface area contributed by atoms with E-state index < -0.39 is 0 Å². The molecule has 3 aromatic rings. The molecule has 2 N–H and O–H groups in total. The second-order valence-electron chi connectivity index (χ2n) is 6.79. The van der Waals surface area contributed by atoms with Gasteiger partial charge in [-0.25, -0.2) is 0 Å². The lowest BCUT2D eigenvalue weighted by Gasteiger charge is -2.15. The van der Waals surface area contributed by atoms with E-state index in [4.69, 9.17) is 0 Å². The molecule has 0 saturated heterocycles. The molecule has 0 aliphatic heterocycles. The molecule has 142 valence electrons. The van der Waals surface area contributed by atoms with Gasteiger partial charge < -0.3 is 10.6 Å². The fraction of sp³-hybridized carbons (Fsp3) is 0.167. The molecule has 0 aliphatic rings. The van der Waals surface area contributed by atoms with Crippen LogP contribution >= 0.6 is 0 Å². The molecule has 0 aromatic heterocycles. The van der Waals surface area contributed by atoms with Crippen molar-refractivity contribution in [3.63, 3.8) is 0 Å². The van der Waals surface area contributed by atoms with Crippen molar-refractivity contribution < 1.29 is 9.59 Å². The Hall–Kier alpha value is -3.40. The highest BCUT2D eigenvalue weighted by atomic mass is 16.2. The number of benzene rings is 3. The maximum Gasteiger partial charge on any atom is 0.251 e. The molecule has 2 amide bonds. The first-order valence-corrected chi connectivity index (χ1v) is 9.36. The van der Waals surface area contributed by atoms with Crippen molar-refractivity contribution in [1.29, 1.82) is 0 Å². The van der Waals surface area contributed by atoms with Crippen molar-refractivity contribution in [2.75, 3.05) is 0 Å². The standard InChI is InChI=1S/C24H24N2O2/c1-17(19-9-5-3-6-10-19)25-23(27)21-13-15-22(16-14-21)24(28)26-18(2)20-11-7-4-8-12-20/h3-18H,1-2H3,(H,25,27)(H,26,28)/t17-,18+. The predicted molar refractivity (Wildman–Crippen MR) is 111 cm³/mol. The number of hydrogen-bond acceptors (Lipinski definition) is 2. The molecule has 0 radical (unpaired) electrons. The average Bonchev–Trinajstić information content (AvgIpc) is 2.75. The minimum absolute atomic E-state index is 0.0941. The van der Waals surface area contributed by atoms with Crippen LogP contribution in [0.25, 0.3) is 0 Å². The maximum absolute atomic E-state index is 12.5. The van der Waals surface area contributed by atoms with Gasteiger partial charge in [0.25, 0.3) is 11.8 Å². The van der Waals surface area contributed by atoms with Gasteiger partial charge in [0.1, 0.15) is 0 Å². The lowest BCUT2D eigenvalue weighted by atomic mass is 10.1. The largest absolute Gasteiger partial charge is 0.346 e. The molecule has 0 saturated carbocycles. The van der Waals surface area contributed by atoms with E-state index in [1.807, 2.05) is 74.5 Å². The minimum atomic E-state index is -0.166. The normalized spacial score (nSPS) is 12.6. The summed E-state index contributed by atoms with van der Waals surface area (Å²) in [6, 6.07) is 26.1. The summed E-state index contributed by atoms with van der Waals surface area (Å²) < 4.78 is 0. The van der Waals surface area contributed by atoms with Gasteiger partial charge in [-0.05, 0) is 49.2 Å². The highest BCUT2D eigenvalue weighted by Crippen LogP contribution is 2.14. The van der Waals surface area contributed by atoms with Gasteiger partial charge in [-0.3, -0.25) is 9.59 Å². The second kappa shape index (κ2) is 9.00. The lowest BCUT2D eigenvalue weighted by Crippen LogP contribution is -2.28. The van der Waals surface area contributed by atoms with Gasteiger partial charge >= 0.3 is 0 Å². The molecule has 28 heavy (non-hydrogen) atoms. The monoisotopic (exact) mass is 372 g/mol. The Labute approximate surface area is 165 Å². The summed E-state index contributed by atoms with van der Waals surface area (Å²) >= 11 is 0. The van der Waals surface area contributed by atoms with Gasteiger partial charge in [-0.1, -0.05) is 60.7 Å². The predicted octanol–water partition coefficient (Wildman–Crippen LogP) is 4.67. The molecule has 0 unspecified atom stereocenters. The molecule has 0 heterocycles. The van der Waals surface area contributed by atoms with Crippen LogP contribution in [-0.4, -0.2) is 11.8 Å². The van der Waals surface area contributed by atoms with E-state index in [1.54, 1.807) is 24.3 Å². The minimum Gasteiger partial charge on any atom is -0.346 e. The summed E-state index contributed by atoms with van der Waals surface area (Å²) in [5.41, 5.74) is 3.13. The van der Waals surface area contributed by atoms with Crippen LogP contribution in [0.4, 0.5) is 0 Å². The quantitative estimate of drug-likeness (QED) is 0.661. The number of nitrogens with one attached hydrogen (secondary N) is 2. The summed E-state index contributed by atoms with van der Waals surface area (Å²) in [6.45, 7) is 3.89. The molecule has 3 aromatic carbocycles. The molecule has 0 bridgehead atoms. The third-order valence-corrected chi connectivity index (χ3v) is 4.70. The van der Waals surface area contributed by atoms with Gasteiger partial charge in [-0.15, -0.1) is 0 Å². The van der Waals surface area contributed by atoms with Crippen LogP contribution in [0.3, 0.4) is 0 Å². The number of amides is 2. The van der Waals surface area contributed by atoms with Gasteiger partial charge in [-0.2, -0.15) is 0 Å².